The van der Waals surface area contributed by atoms with Crippen LogP contribution in [-0.2, 0) is 9.47 Å². The number of pyridine rings is 1. The summed E-state index contributed by atoms with van der Waals surface area (Å²) in [4.78, 5) is 33.1. The van der Waals surface area contributed by atoms with Crippen LogP contribution < -0.4 is 9.64 Å². The maximum absolute atomic E-state index is 17.0. The zero-order valence-electron chi connectivity index (χ0n) is 31.7. The van der Waals surface area contributed by atoms with E-state index in [0.29, 0.717) is 74.5 Å². The maximum Gasteiger partial charge on any atom is 0.410 e. The molecule has 5 heterocycles. The number of carbonyl (C=O) groups excluding carboxylic acids is 1. The van der Waals surface area contributed by atoms with Gasteiger partial charge >= 0.3 is 12.1 Å². The van der Waals surface area contributed by atoms with Crippen LogP contribution in [0.15, 0.2) is 30.5 Å². The Morgan fingerprint density at radius 1 is 1.09 bits per heavy atom. The Morgan fingerprint density at radius 3 is 2.71 bits per heavy atom. The van der Waals surface area contributed by atoms with Crippen LogP contribution in [0.2, 0.25) is 0 Å². The molecule has 0 bridgehead atoms. The van der Waals surface area contributed by atoms with E-state index in [2.05, 4.69) is 20.7 Å². The summed E-state index contributed by atoms with van der Waals surface area (Å²) >= 11 is 0. The summed E-state index contributed by atoms with van der Waals surface area (Å²) in [6, 6.07) is 5.92. The number of anilines is 1. The van der Waals surface area contributed by atoms with Crippen molar-refractivity contribution in [3.05, 3.63) is 47.7 Å². The number of benzene rings is 2. The molecule has 3 aliphatic heterocycles. The number of terminal acetylenes is 1. The van der Waals surface area contributed by atoms with Crippen molar-refractivity contribution in [1.82, 2.24) is 24.8 Å². The fraction of sp³-hybridized carbons (Fsp3) is 0.524. The van der Waals surface area contributed by atoms with Gasteiger partial charge in [-0.2, -0.15) is 9.97 Å². The van der Waals surface area contributed by atoms with Gasteiger partial charge < -0.3 is 29.1 Å². The van der Waals surface area contributed by atoms with Crippen LogP contribution in [-0.4, -0.2) is 107 Å². The van der Waals surface area contributed by atoms with Crippen LogP contribution in [0, 0.1) is 35.3 Å². The molecule has 8 rings (SSSR count). The highest BCUT2D eigenvalue weighted by Crippen LogP contribution is 2.48. The lowest BCUT2D eigenvalue weighted by Crippen LogP contribution is -2.59. The van der Waals surface area contributed by atoms with Crippen molar-refractivity contribution in [3.63, 3.8) is 0 Å². The Hall–Kier alpha value is -4.80. The van der Waals surface area contributed by atoms with Gasteiger partial charge in [0.1, 0.15) is 34.2 Å². The van der Waals surface area contributed by atoms with Crippen LogP contribution in [0.3, 0.4) is 0 Å². The van der Waals surface area contributed by atoms with Crippen LogP contribution in [0.4, 0.5) is 19.4 Å². The Kier molecular flexibility index (Phi) is 9.92. The minimum absolute atomic E-state index is 0.00980. The summed E-state index contributed by atoms with van der Waals surface area (Å²) in [6.07, 6.45) is 13.0. The molecule has 1 saturated carbocycles. The van der Waals surface area contributed by atoms with Gasteiger partial charge in [0.15, 0.2) is 5.82 Å². The minimum Gasteiger partial charge on any atom is -0.508 e. The Bertz CT molecular complexity index is 2160. The van der Waals surface area contributed by atoms with E-state index >= 15 is 4.39 Å². The fourth-order valence-electron chi connectivity index (χ4n) is 9.16. The van der Waals surface area contributed by atoms with Crippen LogP contribution in [0.5, 0.6) is 11.8 Å². The first-order valence-electron chi connectivity index (χ1n) is 19.4. The van der Waals surface area contributed by atoms with Gasteiger partial charge in [-0.3, -0.25) is 9.88 Å². The molecule has 13 heteroatoms. The number of piperidine rings is 1. The molecule has 1 N–H and O–H groups in total. The van der Waals surface area contributed by atoms with Crippen molar-refractivity contribution in [3.8, 4) is 35.4 Å². The second-order valence-electron chi connectivity index (χ2n) is 16.5. The second-order valence-corrected chi connectivity index (χ2v) is 16.5. The van der Waals surface area contributed by atoms with Gasteiger partial charge in [0.05, 0.1) is 24.2 Å². The molecular weight excluding hydrogens is 706 g/mol. The highest BCUT2D eigenvalue weighted by Gasteiger charge is 2.49. The van der Waals surface area contributed by atoms with E-state index in [4.69, 9.17) is 30.6 Å². The molecule has 2 atom stereocenters. The molecule has 2 aromatic heterocycles. The zero-order chi connectivity index (χ0) is 38.5. The van der Waals surface area contributed by atoms with Crippen molar-refractivity contribution in [2.75, 3.05) is 64.0 Å². The Morgan fingerprint density at radius 2 is 1.91 bits per heavy atom. The van der Waals surface area contributed by atoms with E-state index in [1.807, 2.05) is 20.8 Å². The molecule has 3 saturated heterocycles. The van der Waals surface area contributed by atoms with Crippen LogP contribution in [0.1, 0.15) is 64.9 Å². The average Bonchev–Trinajstić information content (AvgIpc) is 3.38. The number of ether oxygens (including phenoxy) is 3. The Balaban J connectivity index is 1.10. The third kappa shape index (κ3) is 7.22. The van der Waals surface area contributed by atoms with Crippen molar-refractivity contribution in [2.24, 2.45) is 11.3 Å². The quantitative estimate of drug-likeness (QED) is 0.200. The van der Waals surface area contributed by atoms with E-state index < -0.39 is 17.2 Å². The van der Waals surface area contributed by atoms with Crippen molar-refractivity contribution in [2.45, 2.75) is 70.9 Å². The first-order valence-corrected chi connectivity index (χ1v) is 19.4. The number of rotatable bonds is 7. The number of carbonyl (C=O) groups is 1. The molecule has 1 aliphatic carbocycles. The van der Waals surface area contributed by atoms with Gasteiger partial charge in [-0.05, 0) is 83.0 Å². The molecule has 1 amide bonds. The normalized spacial score (nSPS) is 22.3. The molecule has 0 radical (unpaired) electrons. The van der Waals surface area contributed by atoms with E-state index in [-0.39, 0.29) is 51.0 Å². The lowest BCUT2D eigenvalue weighted by atomic mass is 9.75. The molecular formula is C42H48F2N6O5. The average molecular weight is 755 g/mol. The lowest BCUT2D eigenvalue weighted by molar-refractivity contribution is -0.0345. The summed E-state index contributed by atoms with van der Waals surface area (Å²) in [5.41, 5.74) is -0.633. The van der Waals surface area contributed by atoms with Gasteiger partial charge in [-0.25, -0.2) is 13.6 Å². The monoisotopic (exact) mass is 754 g/mol. The smallest absolute Gasteiger partial charge is 0.410 e. The molecule has 2 aromatic carbocycles. The predicted molar refractivity (Wildman–Crippen MR) is 205 cm³/mol. The lowest BCUT2D eigenvalue weighted by Gasteiger charge is -2.49. The summed E-state index contributed by atoms with van der Waals surface area (Å²) in [5, 5.41) is 11.8. The van der Waals surface area contributed by atoms with Gasteiger partial charge in [-0.1, -0.05) is 18.4 Å². The number of likely N-dealkylation sites (tertiary alicyclic amines) is 2. The molecule has 0 unspecified atom stereocenters. The topological polar surface area (TPSA) is 113 Å². The standard InChI is InChI=1S/C42H48F2N6O5/c1-5-29-32(43)11-10-27-19-28(51)20-30(34(27)29)36-35(44)37-31(21-45-36)38(48-15-8-17-53-18-16-48)47-39(46-37)54-25-42-12-6-9-33(42)49(14-7-13-42)22-26-23-50(24-26)40(52)55-41(2,3)4/h1,10-11,19-21,26,33,51H,6-9,12-18,22-25H2,2-4H3/t33-,42-/m1/s1. The first-order chi connectivity index (χ1) is 26.4. The zero-order valence-corrected chi connectivity index (χ0v) is 31.7. The maximum atomic E-state index is 17.0. The number of amides is 1. The molecule has 0 spiro atoms. The second kappa shape index (κ2) is 14.7. The molecule has 4 aromatic rings. The highest BCUT2D eigenvalue weighted by molar-refractivity contribution is 6.03. The summed E-state index contributed by atoms with van der Waals surface area (Å²) in [7, 11) is 0. The third-order valence-electron chi connectivity index (χ3n) is 11.6. The van der Waals surface area contributed by atoms with Gasteiger partial charge in [0, 0.05) is 73.9 Å². The molecule has 4 fully saturated rings. The number of phenols is 1. The number of halogens is 2. The van der Waals surface area contributed by atoms with Crippen molar-refractivity contribution < 1.29 is 32.9 Å². The largest absolute Gasteiger partial charge is 0.508 e. The summed E-state index contributed by atoms with van der Waals surface area (Å²) in [5.74, 6) is 1.76. The van der Waals surface area contributed by atoms with Gasteiger partial charge in [0.25, 0.3) is 0 Å². The molecule has 4 aliphatic rings. The SMILES string of the molecule is C#Cc1c(F)ccc2cc(O)cc(-c3ncc4c(N5CCCOCC5)nc(OC[C@]56CCC[C@H]5N(CC5CN(C(=O)OC(C)(C)C)C5)CCC6)nc4c3F)c12. The number of aromatic nitrogens is 3. The fourth-order valence-corrected chi connectivity index (χ4v) is 9.16. The number of aromatic hydroxyl groups is 1. The van der Waals surface area contributed by atoms with E-state index in [1.165, 1.54) is 30.5 Å². The molecule has 11 nitrogen and oxygen atoms in total. The van der Waals surface area contributed by atoms with Crippen molar-refractivity contribution in [1.29, 1.82) is 0 Å². The summed E-state index contributed by atoms with van der Waals surface area (Å²) in [6.45, 7) is 11.6. The van der Waals surface area contributed by atoms with E-state index in [1.54, 1.807) is 4.90 Å². The predicted octanol–water partition coefficient (Wildman–Crippen LogP) is 6.92. The molecule has 290 valence electrons. The number of fused-ring (bicyclic) bond motifs is 3. The number of phenolic OH excluding ortho intramolecular Hbond substituents is 1. The van der Waals surface area contributed by atoms with Gasteiger partial charge in [0.2, 0.25) is 0 Å². The third-order valence-corrected chi connectivity index (χ3v) is 11.6. The van der Waals surface area contributed by atoms with Crippen molar-refractivity contribution >= 4 is 33.6 Å². The van der Waals surface area contributed by atoms with Crippen LogP contribution >= 0.6 is 0 Å². The minimum atomic E-state index is -0.752. The van der Waals surface area contributed by atoms with Gasteiger partial charge in [-0.15, -0.1) is 6.42 Å². The number of hydrogen-bond donors (Lipinski definition) is 1. The van der Waals surface area contributed by atoms with E-state index in [0.717, 1.165) is 51.6 Å². The number of hydrogen-bond acceptors (Lipinski definition) is 10. The van der Waals surface area contributed by atoms with Crippen LogP contribution in [0.25, 0.3) is 32.9 Å². The summed E-state index contributed by atoms with van der Waals surface area (Å²) < 4.78 is 49.8. The highest BCUT2D eigenvalue weighted by atomic mass is 19.1. The Labute approximate surface area is 320 Å². The number of nitrogens with zero attached hydrogens (tertiary/aromatic N) is 6. The van der Waals surface area contributed by atoms with E-state index in [9.17, 15) is 14.3 Å². The molecule has 55 heavy (non-hydrogen) atoms. The first kappa shape index (κ1) is 37.1.